The number of aliphatic hydroxyl groups is 2. The molecule has 1 aromatic rings. The molecule has 27 heavy (non-hydrogen) atoms. The van der Waals surface area contributed by atoms with Gasteiger partial charge in [-0.15, -0.1) is 0 Å². The van der Waals surface area contributed by atoms with Crippen molar-refractivity contribution in [3.05, 3.63) is 23.7 Å². The molecule has 4 rings (SSSR count). The fraction of sp³-hybridized carbons (Fsp3) is 0.773. The van der Waals surface area contributed by atoms with Crippen molar-refractivity contribution < 1.29 is 24.2 Å². The number of carbonyl (C=O) groups is 1. The molecule has 7 atom stereocenters. The summed E-state index contributed by atoms with van der Waals surface area (Å²) < 4.78 is 11.6. The van der Waals surface area contributed by atoms with Crippen molar-refractivity contribution >= 4 is 5.97 Å². The number of esters is 1. The van der Waals surface area contributed by atoms with Crippen LogP contribution in [0.3, 0.4) is 0 Å². The monoisotopic (exact) mass is 376 g/mol. The van der Waals surface area contributed by atoms with Crippen LogP contribution in [-0.4, -0.2) is 34.0 Å². The van der Waals surface area contributed by atoms with Gasteiger partial charge in [-0.2, -0.15) is 0 Å². The molecule has 5 heteroatoms. The van der Waals surface area contributed by atoms with Gasteiger partial charge in [-0.05, 0) is 47.6 Å². The first-order chi connectivity index (χ1) is 12.5. The lowest BCUT2D eigenvalue weighted by atomic mass is 9.40. The molecule has 150 valence electrons. The zero-order chi connectivity index (χ0) is 19.8. The Kier molecular flexibility index (Phi) is 4.11. The summed E-state index contributed by atoms with van der Waals surface area (Å²) in [5.74, 6) is 0.743. The molecule has 0 radical (unpaired) electrons. The highest BCUT2D eigenvalue weighted by Gasteiger charge is 2.71. The molecule has 0 amide bonds. The molecule has 0 aliphatic heterocycles. The van der Waals surface area contributed by atoms with Gasteiger partial charge in [0.15, 0.2) is 0 Å². The molecule has 7 unspecified atom stereocenters. The lowest BCUT2D eigenvalue weighted by Gasteiger charge is -2.68. The number of aliphatic hydroxyl groups excluding tert-OH is 1. The van der Waals surface area contributed by atoms with E-state index in [1.165, 1.54) is 6.92 Å². The Labute approximate surface area is 161 Å². The molecular formula is C22H32O5. The van der Waals surface area contributed by atoms with Crippen LogP contribution >= 0.6 is 0 Å². The van der Waals surface area contributed by atoms with Crippen molar-refractivity contribution in [2.24, 2.45) is 22.7 Å². The third-order valence-electron chi connectivity index (χ3n) is 8.46. The van der Waals surface area contributed by atoms with E-state index in [9.17, 15) is 15.0 Å². The van der Waals surface area contributed by atoms with E-state index in [0.29, 0.717) is 12.8 Å². The van der Waals surface area contributed by atoms with E-state index in [1.807, 2.05) is 6.07 Å². The van der Waals surface area contributed by atoms with E-state index in [-0.39, 0.29) is 35.2 Å². The second-order valence-corrected chi connectivity index (χ2v) is 9.91. The van der Waals surface area contributed by atoms with Gasteiger partial charge in [0.05, 0.1) is 18.0 Å². The molecule has 0 saturated heterocycles. The SMILES string of the molecule is CC(=O)OC1CCC(C)(C)C2(O)CC(O)C3C(C)c4ccoc4CC3C12C. The lowest BCUT2D eigenvalue weighted by molar-refractivity contribution is -0.296. The summed E-state index contributed by atoms with van der Waals surface area (Å²) in [4.78, 5) is 11.9. The van der Waals surface area contributed by atoms with Gasteiger partial charge in [0.1, 0.15) is 11.9 Å². The van der Waals surface area contributed by atoms with Gasteiger partial charge in [0.25, 0.3) is 0 Å². The minimum atomic E-state index is -1.12. The molecule has 5 nitrogen and oxygen atoms in total. The van der Waals surface area contributed by atoms with Gasteiger partial charge < -0.3 is 19.4 Å². The van der Waals surface area contributed by atoms with Crippen LogP contribution in [0.2, 0.25) is 0 Å². The molecule has 2 saturated carbocycles. The van der Waals surface area contributed by atoms with E-state index >= 15 is 0 Å². The summed E-state index contributed by atoms with van der Waals surface area (Å²) in [5, 5.41) is 23.2. The topological polar surface area (TPSA) is 79.9 Å². The fourth-order valence-electron chi connectivity index (χ4n) is 6.88. The first-order valence-corrected chi connectivity index (χ1v) is 10.2. The van der Waals surface area contributed by atoms with E-state index < -0.39 is 17.1 Å². The normalized spacial score (nSPS) is 45.4. The predicted octanol–water partition coefficient (Wildman–Crippen LogP) is 3.43. The number of carbonyl (C=O) groups excluding carboxylic acids is 1. The second kappa shape index (κ2) is 5.84. The van der Waals surface area contributed by atoms with Crippen molar-refractivity contribution in [2.75, 3.05) is 0 Å². The Hall–Kier alpha value is -1.33. The standard InChI is InChI=1S/C22H32O5/c1-12-14-7-9-26-17(14)10-15-19(12)16(24)11-22(25)20(3,4)8-6-18(21(15,22)5)27-13(2)23/h7,9,12,15-16,18-19,24-25H,6,8,10-11H2,1-5H3. The largest absolute Gasteiger partial charge is 0.469 e. The lowest BCUT2D eigenvalue weighted by Crippen LogP contribution is -2.73. The maximum absolute atomic E-state index is 12.1. The predicted molar refractivity (Wildman–Crippen MR) is 100 cm³/mol. The third-order valence-corrected chi connectivity index (χ3v) is 8.46. The number of hydrogen-bond donors (Lipinski definition) is 2. The van der Waals surface area contributed by atoms with Crippen molar-refractivity contribution in [1.82, 2.24) is 0 Å². The van der Waals surface area contributed by atoms with Crippen molar-refractivity contribution in [3.8, 4) is 0 Å². The van der Waals surface area contributed by atoms with Crippen molar-refractivity contribution in [3.63, 3.8) is 0 Å². The van der Waals surface area contributed by atoms with E-state index in [4.69, 9.17) is 9.15 Å². The van der Waals surface area contributed by atoms with Crippen LogP contribution in [0, 0.1) is 22.7 Å². The number of fused-ring (bicyclic) bond motifs is 4. The average Bonchev–Trinajstić information content (AvgIpc) is 3.03. The summed E-state index contributed by atoms with van der Waals surface area (Å²) in [6.45, 7) is 9.80. The number of hydrogen-bond acceptors (Lipinski definition) is 5. The Balaban J connectivity index is 1.88. The first-order valence-electron chi connectivity index (χ1n) is 10.2. The smallest absolute Gasteiger partial charge is 0.302 e. The maximum Gasteiger partial charge on any atom is 0.302 e. The van der Waals surface area contributed by atoms with E-state index in [1.54, 1.807) is 6.26 Å². The van der Waals surface area contributed by atoms with Gasteiger partial charge in [0, 0.05) is 25.2 Å². The van der Waals surface area contributed by atoms with E-state index in [0.717, 1.165) is 24.2 Å². The zero-order valence-corrected chi connectivity index (χ0v) is 17.0. The summed E-state index contributed by atoms with van der Waals surface area (Å²) in [7, 11) is 0. The first kappa shape index (κ1) is 19.0. The summed E-state index contributed by atoms with van der Waals surface area (Å²) >= 11 is 0. The molecule has 1 aromatic heterocycles. The van der Waals surface area contributed by atoms with Crippen molar-refractivity contribution in [2.45, 2.75) is 84.0 Å². The van der Waals surface area contributed by atoms with Crippen LogP contribution in [-0.2, 0) is 16.0 Å². The highest BCUT2D eigenvalue weighted by Crippen LogP contribution is 2.67. The number of rotatable bonds is 1. The molecule has 0 spiro atoms. The third kappa shape index (κ3) is 2.34. The fourth-order valence-corrected chi connectivity index (χ4v) is 6.88. The maximum atomic E-state index is 12.1. The molecule has 2 N–H and O–H groups in total. The van der Waals surface area contributed by atoms with Gasteiger partial charge in [-0.25, -0.2) is 0 Å². The van der Waals surface area contributed by atoms with Gasteiger partial charge in [0.2, 0.25) is 0 Å². The van der Waals surface area contributed by atoms with E-state index in [2.05, 4.69) is 27.7 Å². The van der Waals surface area contributed by atoms with Crippen LogP contribution < -0.4 is 0 Å². The summed E-state index contributed by atoms with van der Waals surface area (Å²) in [6, 6.07) is 2.00. The molecule has 2 fully saturated rings. The molecular weight excluding hydrogens is 344 g/mol. The second-order valence-electron chi connectivity index (χ2n) is 9.91. The number of furan rings is 1. The van der Waals surface area contributed by atoms with Gasteiger partial charge in [-0.1, -0.05) is 27.7 Å². The Morgan fingerprint density at radius 3 is 2.70 bits per heavy atom. The van der Waals surface area contributed by atoms with Gasteiger partial charge in [-0.3, -0.25) is 4.79 Å². The van der Waals surface area contributed by atoms with Crippen LogP contribution in [0.1, 0.15) is 71.1 Å². The molecule has 0 aromatic carbocycles. The Morgan fingerprint density at radius 2 is 2.04 bits per heavy atom. The molecule has 3 aliphatic carbocycles. The quantitative estimate of drug-likeness (QED) is 0.734. The Morgan fingerprint density at radius 1 is 1.33 bits per heavy atom. The van der Waals surface area contributed by atoms with Crippen LogP contribution in [0.15, 0.2) is 16.7 Å². The van der Waals surface area contributed by atoms with Crippen molar-refractivity contribution in [1.29, 1.82) is 0 Å². The Bertz CT molecular complexity index is 752. The van der Waals surface area contributed by atoms with Crippen LogP contribution in [0.25, 0.3) is 0 Å². The van der Waals surface area contributed by atoms with Gasteiger partial charge >= 0.3 is 5.97 Å². The summed E-state index contributed by atoms with van der Waals surface area (Å²) in [6.07, 6.45) is 3.20. The minimum absolute atomic E-state index is 0.00679. The summed E-state index contributed by atoms with van der Waals surface area (Å²) in [5.41, 5.74) is -0.994. The highest BCUT2D eigenvalue weighted by atomic mass is 16.5. The number of ether oxygens (including phenoxy) is 1. The minimum Gasteiger partial charge on any atom is -0.469 e. The van der Waals surface area contributed by atoms with Crippen LogP contribution in [0.5, 0.6) is 0 Å². The average molecular weight is 376 g/mol. The highest BCUT2D eigenvalue weighted by molar-refractivity contribution is 5.66. The molecule has 1 heterocycles. The zero-order valence-electron chi connectivity index (χ0n) is 17.0. The molecule has 3 aliphatic rings. The molecule has 0 bridgehead atoms. The van der Waals surface area contributed by atoms with Crippen LogP contribution in [0.4, 0.5) is 0 Å².